The summed E-state index contributed by atoms with van der Waals surface area (Å²) in [6.45, 7) is 6.46. The van der Waals surface area contributed by atoms with Crippen molar-refractivity contribution in [2.75, 3.05) is 17.2 Å². The summed E-state index contributed by atoms with van der Waals surface area (Å²) in [4.78, 5) is 40.9. The van der Waals surface area contributed by atoms with Gasteiger partial charge in [0.05, 0.1) is 17.8 Å². The first-order chi connectivity index (χ1) is 18.7. The average molecular weight is 546 g/mol. The minimum atomic E-state index is -1.09. The van der Waals surface area contributed by atoms with Crippen LogP contribution in [0.3, 0.4) is 0 Å². The molecule has 1 atom stereocenters. The molecule has 3 aromatic carbocycles. The van der Waals surface area contributed by atoms with Crippen LogP contribution in [-0.4, -0.2) is 41.7 Å². The fourth-order valence-electron chi connectivity index (χ4n) is 4.29. The van der Waals surface area contributed by atoms with Crippen LogP contribution in [0.4, 0.5) is 10.5 Å². The van der Waals surface area contributed by atoms with E-state index in [2.05, 4.69) is 16.0 Å². The van der Waals surface area contributed by atoms with Crippen LogP contribution in [0.5, 0.6) is 0 Å². The molecule has 0 bridgehead atoms. The molecule has 4 amide bonds. The quantitative estimate of drug-likeness (QED) is 0.341. The topological polar surface area (TPSA) is 117 Å². The third-order valence-corrected chi connectivity index (χ3v) is 7.57. The largest absolute Gasteiger partial charge is 0.342 e. The molecule has 0 aliphatic carbocycles. The number of carbonyl (C=O) groups is 3. The highest BCUT2D eigenvalue weighted by atomic mass is 32.2. The van der Waals surface area contributed by atoms with E-state index in [9.17, 15) is 14.4 Å². The maximum Gasteiger partial charge on any atom is 0.315 e. The zero-order valence-corrected chi connectivity index (χ0v) is 23.3. The van der Waals surface area contributed by atoms with Crippen LogP contribution in [0.25, 0.3) is 11.1 Å². The van der Waals surface area contributed by atoms with Crippen molar-refractivity contribution in [3.05, 3.63) is 83.9 Å². The van der Waals surface area contributed by atoms with E-state index in [0.717, 1.165) is 32.8 Å². The van der Waals surface area contributed by atoms with E-state index in [1.807, 2.05) is 79.7 Å². The van der Waals surface area contributed by atoms with Crippen molar-refractivity contribution in [3.8, 4) is 11.1 Å². The molecular weight excluding hydrogens is 510 g/mol. The Morgan fingerprint density at radius 3 is 2.41 bits per heavy atom. The number of rotatable bonds is 8. The number of amides is 4. The predicted octanol–water partition coefficient (Wildman–Crippen LogP) is 4.03. The van der Waals surface area contributed by atoms with Crippen LogP contribution in [-0.2, 0) is 22.7 Å². The lowest BCUT2D eigenvalue weighted by Crippen LogP contribution is -2.56. The first kappa shape index (κ1) is 28.2. The monoisotopic (exact) mass is 545 g/mol. The molecule has 3 aromatic rings. The van der Waals surface area contributed by atoms with E-state index in [1.54, 1.807) is 30.5 Å². The first-order valence-electron chi connectivity index (χ1n) is 13.0. The van der Waals surface area contributed by atoms with E-state index in [4.69, 9.17) is 5.73 Å². The number of benzene rings is 3. The highest BCUT2D eigenvalue weighted by Crippen LogP contribution is 2.35. The summed E-state index contributed by atoms with van der Waals surface area (Å²) >= 11 is 1.55. The molecule has 0 radical (unpaired) electrons. The van der Waals surface area contributed by atoms with Crippen LogP contribution < -0.4 is 26.6 Å². The van der Waals surface area contributed by atoms with Crippen molar-refractivity contribution in [3.63, 3.8) is 0 Å². The van der Waals surface area contributed by atoms with Gasteiger partial charge in [-0.15, -0.1) is 11.8 Å². The molecule has 0 saturated heterocycles. The molecule has 1 aliphatic heterocycles. The summed E-state index contributed by atoms with van der Waals surface area (Å²) in [6.07, 6.45) is 0. The van der Waals surface area contributed by atoms with Gasteiger partial charge in [0.15, 0.2) is 0 Å². The Kier molecular flexibility index (Phi) is 8.93. The molecule has 0 spiro atoms. The number of urea groups is 1. The van der Waals surface area contributed by atoms with Crippen LogP contribution in [0.1, 0.15) is 31.9 Å². The van der Waals surface area contributed by atoms with Gasteiger partial charge < -0.3 is 26.6 Å². The minimum absolute atomic E-state index is 0.170. The van der Waals surface area contributed by atoms with Crippen molar-refractivity contribution in [2.45, 2.75) is 50.3 Å². The van der Waals surface area contributed by atoms with Gasteiger partial charge >= 0.3 is 6.03 Å². The number of hydrogen-bond acceptors (Lipinski definition) is 5. The Bertz CT molecular complexity index is 1340. The fraction of sp³-hybridized carbons (Fsp3) is 0.300. The molecule has 204 valence electrons. The van der Waals surface area contributed by atoms with Crippen LogP contribution >= 0.6 is 11.8 Å². The number of nitrogens with one attached hydrogen (secondary N) is 3. The lowest BCUT2D eigenvalue weighted by Gasteiger charge is -2.28. The maximum atomic E-state index is 13.7. The zero-order valence-electron chi connectivity index (χ0n) is 22.5. The second kappa shape index (κ2) is 12.4. The second-order valence-corrected chi connectivity index (χ2v) is 11.1. The highest BCUT2D eigenvalue weighted by molar-refractivity contribution is 7.99. The molecule has 39 heavy (non-hydrogen) atoms. The summed E-state index contributed by atoms with van der Waals surface area (Å²) < 4.78 is 0. The van der Waals surface area contributed by atoms with Gasteiger partial charge in [-0.05, 0) is 55.2 Å². The van der Waals surface area contributed by atoms with Crippen LogP contribution in [0.2, 0.25) is 0 Å². The number of carbonyl (C=O) groups excluding carboxylic acids is 3. The van der Waals surface area contributed by atoms with Gasteiger partial charge in [-0.1, -0.05) is 60.7 Å². The Labute approximate surface area is 233 Å². The van der Waals surface area contributed by atoms with Gasteiger partial charge in [0.25, 0.3) is 5.91 Å². The van der Waals surface area contributed by atoms with Gasteiger partial charge in [-0.3, -0.25) is 9.59 Å². The molecular formula is C30H35N5O3S. The average Bonchev–Trinajstić information content (AvgIpc) is 3.04. The molecule has 8 nitrogen and oxygen atoms in total. The van der Waals surface area contributed by atoms with E-state index >= 15 is 0 Å². The van der Waals surface area contributed by atoms with Gasteiger partial charge in [0.2, 0.25) is 5.91 Å². The Morgan fingerprint density at radius 2 is 1.69 bits per heavy atom. The number of nitrogens with zero attached hydrogens (tertiary/aromatic N) is 1. The van der Waals surface area contributed by atoms with Crippen molar-refractivity contribution < 1.29 is 14.4 Å². The van der Waals surface area contributed by atoms with E-state index in [0.29, 0.717) is 25.4 Å². The second-order valence-electron chi connectivity index (χ2n) is 10.0. The minimum Gasteiger partial charge on any atom is -0.342 e. The summed E-state index contributed by atoms with van der Waals surface area (Å²) in [7, 11) is 0. The zero-order chi connectivity index (χ0) is 28.0. The maximum absolute atomic E-state index is 13.7. The smallest absolute Gasteiger partial charge is 0.315 e. The standard InChI is InChI=1S/C30H35N5O3S/c1-4-32-29(38)33-17-22-9-5-6-10-23(22)21-15-13-20(14-16-21)18-35-25-11-7-8-12-26(25)39-19-24(27(35)36)34-28(37)30(2,3)31/h5-16,24H,4,17-19,31H2,1-3H3,(H,34,37)(H2,32,33,38)/t24-/m1/s1. The molecule has 0 aromatic heterocycles. The predicted molar refractivity (Wildman–Crippen MR) is 156 cm³/mol. The normalized spacial score (nSPS) is 15.2. The lowest BCUT2D eigenvalue weighted by atomic mass is 9.98. The van der Waals surface area contributed by atoms with Crippen molar-refractivity contribution in [1.82, 2.24) is 16.0 Å². The molecule has 5 N–H and O–H groups in total. The molecule has 0 saturated carbocycles. The number of para-hydroxylation sites is 1. The summed E-state index contributed by atoms with van der Waals surface area (Å²) in [5.74, 6) is -0.110. The number of anilines is 1. The van der Waals surface area contributed by atoms with Crippen molar-refractivity contribution in [2.24, 2.45) is 5.73 Å². The number of nitrogens with two attached hydrogens (primary N) is 1. The Morgan fingerprint density at radius 1 is 1.00 bits per heavy atom. The SMILES string of the molecule is CCNC(=O)NCc1ccccc1-c1ccc(CN2C(=O)[C@H](NC(=O)C(C)(C)N)CSc3ccccc32)cc1. The molecule has 1 heterocycles. The molecule has 9 heteroatoms. The summed E-state index contributed by atoms with van der Waals surface area (Å²) in [5, 5.41) is 8.49. The summed E-state index contributed by atoms with van der Waals surface area (Å²) in [6, 6.07) is 22.9. The fourth-order valence-corrected chi connectivity index (χ4v) is 5.36. The van der Waals surface area contributed by atoms with Crippen LogP contribution in [0.15, 0.2) is 77.7 Å². The lowest BCUT2D eigenvalue weighted by molar-refractivity contribution is -0.129. The molecule has 1 aliphatic rings. The molecule has 4 rings (SSSR count). The van der Waals surface area contributed by atoms with Crippen molar-refractivity contribution in [1.29, 1.82) is 0 Å². The van der Waals surface area contributed by atoms with Gasteiger partial charge in [-0.2, -0.15) is 0 Å². The Hall–Kier alpha value is -3.82. The molecule has 0 unspecified atom stereocenters. The molecule has 0 fully saturated rings. The third kappa shape index (κ3) is 6.99. The van der Waals surface area contributed by atoms with E-state index in [1.165, 1.54) is 0 Å². The summed E-state index contributed by atoms with van der Waals surface area (Å²) in [5.41, 5.74) is 9.71. The van der Waals surface area contributed by atoms with Gasteiger partial charge in [0.1, 0.15) is 6.04 Å². The number of fused-ring (bicyclic) bond motifs is 1. The first-order valence-corrected chi connectivity index (χ1v) is 14.0. The van der Waals surface area contributed by atoms with Crippen molar-refractivity contribution >= 4 is 35.3 Å². The number of hydrogen-bond donors (Lipinski definition) is 4. The van der Waals surface area contributed by atoms with Crippen LogP contribution in [0, 0.1) is 0 Å². The van der Waals surface area contributed by atoms with Gasteiger partial charge in [-0.25, -0.2) is 4.79 Å². The van der Waals surface area contributed by atoms with E-state index < -0.39 is 11.6 Å². The third-order valence-electron chi connectivity index (χ3n) is 6.42. The van der Waals surface area contributed by atoms with Gasteiger partial charge in [0, 0.05) is 23.7 Å². The van der Waals surface area contributed by atoms with E-state index in [-0.39, 0.29) is 17.8 Å². The Balaban J connectivity index is 1.56. The number of thioether (sulfide) groups is 1. The highest BCUT2D eigenvalue weighted by Gasteiger charge is 2.34.